The predicted octanol–water partition coefficient (Wildman–Crippen LogP) is 1.60. The minimum Gasteiger partial charge on any atom is -0.497 e. The average Bonchev–Trinajstić information content (AvgIpc) is 2.84. The van der Waals surface area contributed by atoms with E-state index in [0.29, 0.717) is 24.3 Å². The van der Waals surface area contributed by atoms with Crippen LogP contribution < -0.4 is 9.64 Å². The van der Waals surface area contributed by atoms with Gasteiger partial charge in [0, 0.05) is 38.6 Å². The number of benzene rings is 1. The highest BCUT2D eigenvalue weighted by Crippen LogP contribution is 2.25. The Morgan fingerprint density at radius 3 is 2.81 bits per heavy atom. The number of rotatable bonds is 5. The number of nitrogens with zero attached hydrogens (tertiary/aromatic N) is 2. The summed E-state index contributed by atoms with van der Waals surface area (Å²) < 4.78 is 10.5. The van der Waals surface area contributed by atoms with E-state index in [-0.39, 0.29) is 24.7 Å². The second-order valence-electron chi connectivity index (χ2n) is 4.88. The van der Waals surface area contributed by atoms with Gasteiger partial charge in [0.2, 0.25) is 11.8 Å². The number of hydrogen-bond acceptors (Lipinski definition) is 4. The topological polar surface area (TPSA) is 59.1 Å². The van der Waals surface area contributed by atoms with Crippen LogP contribution in [0.1, 0.15) is 19.8 Å². The molecule has 114 valence electrons. The Kier molecular flexibility index (Phi) is 4.80. The first kappa shape index (κ1) is 15.3. The molecule has 1 aromatic rings. The molecule has 0 aliphatic carbocycles. The number of amides is 2. The SMILES string of the molecule is COc1cccc(N(CN2C(=O)CC[C@H]2OC)C(C)=O)c1. The quantitative estimate of drug-likeness (QED) is 0.827. The van der Waals surface area contributed by atoms with Crippen LogP contribution in [0.25, 0.3) is 0 Å². The summed E-state index contributed by atoms with van der Waals surface area (Å²) in [6.07, 6.45) is 0.826. The number of likely N-dealkylation sites (tertiary alicyclic amines) is 1. The molecule has 2 rings (SSSR count). The zero-order valence-corrected chi connectivity index (χ0v) is 12.5. The number of methoxy groups -OCH3 is 2. The Morgan fingerprint density at radius 1 is 1.43 bits per heavy atom. The lowest BCUT2D eigenvalue weighted by molar-refractivity contribution is -0.135. The summed E-state index contributed by atoms with van der Waals surface area (Å²) in [7, 11) is 3.14. The summed E-state index contributed by atoms with van der Waals surface area (Å²) in [5.74, 6) is 0.517. The van der Waals surface area contributed by atoms with Crippen molar-refractivity contribution in [1.29, 1.82) is 0 Å². The molecule has 0 radical (unpaired) electrons. The first-order valence-corrected chi connectivity index (χ1v) is 6.81. The molecule has 1 saturated heterocycles. The molecule has 1 aromatic carbocycles. The van der Waals surface area contributed by atoms with Crippen molar-refractivity contribution in [3.63, 3.8) is 0 Å². The normalized spacial score (nSPS) is 18.0. The van der Waals surface area contributed by atoms with E-state index in [4.69, 9.17) is 9.47 Å². The fourth-order valence-corrected chi connectivity index (χ4v) is 2.42. The maximum atomic E-state index is 11.9. The van der Waals surface area contributed by atoms with Gasteiger partial charge in [-0.3, -0.25) is 19.4 Å². The van der Waals surface area contributed by atoms with Crippen molar-refractivity contribution in [2.75, 3.05) is 25.8 Å². The number of anilines is 1. The van der Waals surface area contributed by atoms with Gasteiger partial charge in [-0.2, -0.15) is 0 Å². The van der Waals surface area contributed by atoms with Crippen LogP contribution in [-0.2, 0) is 14.3 Å². The fourth-order valence-electron chi connectivity index (χ4n) is 2.42. The van der Waals surface area contributed by atoms with Gasteiger partial charge in [0.15, 0.2) is 0 Å². The smallest absolute Gasteiger partial charge is 0.226 e. The molecule has 6 nitrogen and oxygen atoms in total. The molecule has 21 heavy (non-hydrogen) atoms. The van der Waals surface area contributed by atoms with Crippen molar-refractivity contribution >= 4 is 17.5 Å². The Hall–Kier alpha value is -2.08. The summed E-state index contributed by atoms with van der Waals surface area (Å²) in [6.45, 7) is 1.65. The highest BCUT2D eigenvalue weighted by molar-refractivity contribution is 5.92. The molecule has 1 atom stereocenters. The van der Waals surface area contributed by atoms with Crippen molar-refractivity contribution in [2.45, 2.75) is 26.0 Å². The maximum absolute atomic E-state index is 11.9. The Balaban J connectivity index is 2.23. The standard InChI is InChI=1S/C15H20N2O4/c1-11(18)16(12-5-4-6-13(9-12)20-2)10-17-14(19)7-8-15(17)21-3/h4-6,9,15H,7-8,10H2,1-3H3/t15-/m1/s1. The van der Waals surface area contributed by atoms with Crippen molar-refractivity contribution in [1.82, 2.24) is 4.90 Å². The minimum atomic E-state index is -0.273. The van der Waals surface area contributed by atoms with Crippen molar-refractivity contribution in [3.05, 3.63) is 24.3 Å². The Bertz CT molecular complexity index is 532. The molecule has 0 saturated carbocycles. The zero-order chi connectivity index (χ0) is 15.4. The minimum absolute atomic E-state index is 0.00371. The van der Waals surface area contributed by atoms with Gasteiger partial charge in [-0.05, 0) is 12.1 Å². The summed E-state index contributed by atoms with van der Waals surface area (Å²) in [5, 5.41) is 0. The molecule has 0 bridgehead atoms. The highest BCUT2D eigenvalue weighted by atomic mass is 16.5. The fraction of sp³-hybridized carbons (Fsp3) is 0.467. The van der Waals surface area contributed by atoms with Crippen molar-refractivity contribution in [2.24, 2.45) is 0 Å². The van der Waals surface area contributed by atoms with Gasteiger partial charge < -0.3 is 9.47 Å². The summed E-state index contributed by atoms with van der Waals surface area (Å²) in [5.41, 5.74) is 0.691. The molecule has 6 heteroatoms. The van der Waals surface area contributed by atoms with E-state index in [0.717, 1.165) is 0 Å². The molecular formula is C15H20N2O4. The summed E-state index contributed by atoms with van der Waals surface area (Å²) in [6, 6.07) is 7.19. The zero-order valence-electron chi connectivity index (χ0n) is 12.5. The van der Waals surface area contributed by atoms with Crippen molar-refractivity contribution < 1.29 is 19.1 Å². The molecular weight excluding hydrogens is 272 g/mol. The molecule has 0 N–H and O–H groups in total. The molecule has 0 spiro atoms. The average molecular weight is 292 g/mol. The largest absolute Gasteiger partial charge is 0.497 e. The van der Waals surface area contributed by atoms with E-state index in [1.807, 2.05) is 12.1 Å². The first-order chi connectivity index (χ1) is 10.1. The Morgan fingerprint density at radius 2 is 2.19 bits per heavy atom. The van der Waals surface area contributed by atoms with E-state index in [2.05, 4.69) is 0 Å². The van der Waals surface area contributed by atoms with Crippen LogP contribution in [-0.4, -0.2) is 43.8 Å². The van der Waals surface area contributed by atoms with Crippen LogP contribution >= 0.6 is 0 Å². The third-order valence-corrected chi connectivity index (χ3v) is 3.58. The highest BCUT2D eigenvalue weighted by Gasteiger charge is 2.33. The lowest BCUT2D eigenvalue weighted by atomic mass is 10.2. The Labute approximate surface area is 124 Å². The van der Waals surface area contributed by atoms with Crippen molar-refractivity contribution in [3.8, 4) is 5.75 Å². The van der Waals surface area contributed by atoms with Crippen LogP contribution in [0.4, 0.5) is 5.69 Å². The van der Waals surface area contributed by atoms with Crippen LogP contribution in [0.5, 0.6) is 5.75 Å². The molecule has 2 amide bonds. The number of ether oxygens (including phenoxy) is 2. The number of hydrogen-bond donors (Lipinski definition) is 0. The van der Waals surface area contributed by atoms with Gasteiger partial charge in [0.05, 0.1) is 7.11 Å². The molecule has 1 heterocycles. The molecule has 1 aliphatic heterocycles. The van der Waals surface area contributed by atoms with E-state index in [1.165, 1.54) is 11.8 Å². The van der Waals surface area contributed by atoms with Gasteiger partial charge in [-0.1, -0.05) is 6.07 Å². The predicted molar refractivity (Wildman–Crippen MR) is 77.9 cm³/mol. The monoisotopic (exact) mass is 292 g/mol. The van der Waals surface area contributed by atoms with E-state index in [1.54, 1.807) is 31.3 Å². The molecule has 0 aromatic heterocycles. The second-order valence-corrected chi connectivity index (χ2v) is 4.88. The van der Waals surface area contributed by atoms with Gasteiger partial charge in [0.1, 0.15) is 18.6 Å². The van der Waals surface area contributed by atoms with Gasteiger partial charge in [0.25, 0.3) is 0 Å². The number of carbonyl (C=O) groups excluding carboxylic acids is 2. The first-order valence-electron chi connectivity index (χ1n) is 6.81. The van der Waals surface area contributed by atoms with Crippen LogP contribution in [0, 0.1) is 0 Å². The molecule has 1 aliphatic rings. The summed E-state index contributed by atoms with van der Waals surface area (Å²) >= 11 is 0. The van der Waals surface area contributed by atoms with Crippen LogP contribution in [0.2, 0.25) is 0 Å². The lowest BCUT2D eigenvalue weighted by Crippen LogP contribution is -2.45. The van der Waals surface area contributed by atoms with Gasteiger partial charge in [-0.15, -0.1) is 0 Å². The van der Waals surface area contributed by atoms with Gasteiger partial charge >= 0.3 is 0 Å². The van der Waals surface area contributed by atoms with Crippen LogP contribution in [0.3, 0.4) is 0 Å². The maximum Gasteiger partial charge on any atom is 0.226 e. The second kappa shape index (κ2) is 6.58. The lowest BCUT2D eigenvalue weighted by Gasteiger charge is -2.30. The van der Waals surface area contributed by atoms with Gasteiger partial charge in [-0.25, -0.2) is 0 Å². The summed E-state index contributed by atoms with van der Waals surface area (Å²) in [4.78, 5) is 27.0. The molecule has 1 fully saturated rings. The third kappa shape index (κ3) is 3.33. The third-order valence-electron chi connectivity index (χ3n) is 3.58. The van der Waals surface area contributed by atoms with E-state index >= 15 is 0 Å². The van der Waals surface area contributed by atoms with E-state index in [9.17, 15) is 9.59 Å². The number of carbonyl (C=O) groups is 2. The molecule has 0 unspecified atom stereocenters. The van der Waals surface area contributed by atoms with Crippen LogP contribution in [0.15, 0.2) is 24.3 Å². The van der Waals surface area contributed by atoms with E-state index < -0.39 is 0 Å².